The van der Waals surface area contributed by atoms with Gasteiger partial charge >= 0.3 is 0 Å². The minimum Gasteiger partial charge on any atom is -0.342 e. The summed E-state index contributed by atoms with van der Waals surface area (Å²) in [5.74, 6) is -0.522. The maximum absolute atomic E-state index is 13.2. The number of hydrogen-bond donors (Lipinski definition) is 1. The molecule has 2 aromatic carbocycles. The van der Waals surface area contributed by atoms with Crippen molar-refractivity contribution in [3.05, 3.63) is 72.3 Å². The molecular formula is C25H27FN4O2. The molecule has 166 valence electrons. The molecule has 32 heavy (non-hydrogen) atoms. The summed E-state index contributed by atoms with van der Waals surface area (Å²) in [4.78, 5) is 27.4. The van der Waals surface area contributed by atoms with Gasteiger partial charge in [-0.2, -0.15) is 5.10 Å². The lowest BCUT2D eigenvalue weighted by Gasteiger charge is -2.32. The number of hydrogen-bond acceptors (Lipinski definition) is 3. The van der Waals surface area contributed by atoms with Gasteiger partial charge in [-0.05, 0) is 60.2 Å². The zero-order valence-corrected chi connectivity index (χ0v) is 18.1. The highest BCUT2D eigenvalue weighted by Gasteiger charge is 2.28. The lowest BCUT2D eigenvalue weighted by Crippen LogP contribution is -2.43. The van der Waals surface area contributed by atoms with Crippen LogP contribution in [0.5, 0.6) is 0 Å². The number of aryl methyl sites for hydroxylation is 2. The van der Waals surface area contributed by atoms with Crippen molar-refractivity contribution in [3.8, 4) is 11.1 Å². The number of likely N-dealkylation sites (tertiary alicyclic amines) is 1. The van der Waals surface area contributed by atoms with Crippen LogP contribution in [0, 0.1) is 11.7 Å². The molecule has 1 aromatic heterocycles. The van der Waals surface area contributed by atoms with Gasteiger partial charge in [0.25, 0.3) is 0 Å². The smallest absolute Gasteiger partial charge is 0.229 e. The Morgan fingerprint density at radius 1 is 1.16 bits per heavy atom. The number of nitrogens with one attached hydrogen (secondary N) is 1. The fraction of sp³-hybridized carbons (Fsp3) is 0.320. The third kappa shape index (κ3) is 5.41. The molecule has 7 heteroatoms. The number of nitrogens with zero attached hydrogens (tertiary/aromatic N) is 3. The van der Waals surface area contributed by atoms with Crippen LogP contribution in [0.15, 0.2) is 60.9 Å². The molecule has 1 fully saturated rings. The fourth-order valence-electron chi connectivity index (χ4n) is 4.09. The number of aromatic nitrogens is 2. The van der Waals surface area contributed by atoms with Crippen molar-refractivity contribution in [2.24, 2.45) is 13.0 Å². The predicted molar refractivity (Wildman–Crippen MR) is 121 cm³/mol. The van der Waals surface area contributed by atoms with Crippen molar-refractivity contribution < 1.29 is 14.0 Å². The second kappa shape index (κ2) is 9.77. The van der Waals surface area contributed by atoms with E-state index < -0.39 is 0 Å². The minimum atomic E-state index is -0.282. The fourth-order valence-corrected chi connectivity index (χ4v) is 4.09. The van der Waals surface area contributed by atoms with Crippen molar-refractivity contribution in [1.29, 1.82) is 0 Å². The van der Waals surface area contributed by atoms with Crippen LogP contribution in [0.25, 0.3) is 11.1 Å². The lowest BCUT2D eigenvalue weighted by atomic mass is 9.96. The molecule has 1 aliphatic rings. The molecule has 0 spiro atoms. The van der Waals surface area contributed by atoms with Crippen LogP contribution in [0.4, 0.5) is 10.1 Å². The van der Waals surface area contributed by atoms with Crippen LogP contribution < -0.4 is 5.32 Å². The van der Waals surface area contributed by atoms with Gasteiger partial charge in [0.1, 0.15) is 5.82 Å². The second-order valence-electron chi connectivity index (χ2n) is 8.28. The first kappa shape index (κ1) is 21.7. The summed E-state index contributed by atoms with van der Waals surface area (Å²) in [5, 5.41) is 7.12. The third-order valence-electron chi connectivity index (χ3n) is 5.84. The highest BCUT2D eigenvalue weighted by molar-refractivity contribution is 5.93. The van der Waals surface area contributed by atoms with Crippen molar-refractivity contribution in [2.45, 2.75) is 25.7 Å². The van der Waals surface area contributed by atoms with E-state index in [9.17, 15) is 14.0 Å². The summed E-state index contributed by atoms with van der Waals surface area (Å²) >= 11 is 0. The SMILES string of the molecule is Cn1cc(CCC(=O)N2CCC[C@H](C(=O)Nc3cccc(-c4ccc(F)cc4)c3)C2)cn1. The number of carbonyl (C=O) groups excluding carboxylic acids is 2. The van der Waals surface area contributed by atoms with E-state index in [4.69, 9.17) is 0 Å². The Morgan fingerprint density at radius 2 is 1.97 bits per heavy atom. The number of halogens is 1. The molecule has 2 amide bonds. The summed E-state index contributed by atoms with van der Waals surface area (Å²) < 4.78 is 14.9. The van der Waals surface area contributed by atoms with Gasteiger partial charge < -0.3 is 10.2 Å². The Labute approximate surface area is 187 Å². The van der Waals surface area contributed by atoms with Gasteiger partial charge in [-0.25, -0.2) is 4.39 Å². The Bertz CT molecular complexity index is 1090. The van der Waals surface area contributed by atoms with E-state index in [1.807, 2.05) is 37.5 Å². The Balaban J connectivity index is 1.34. The van der Waals surface area contributed by atoms with Gasteiger partial charge in [0.2, 0.25) is 11.8 Å². The first-order valence-corrected chi connectivity index (χ1v) is 10.9. The zero-order chi connectivity index (χ0) is 22.5. The standard InChI is InChI=1S/C25H27FN4O2/c1-29-16-18(15-27-29)7-12-24(31)30-13-3-5-21(17-30)25(32)28-23-6-2-4-20(14-23)19-8-10-22(26)11-9-19/h2,4,6,8-11,14-16,21H,3,5,7,12-13,17H2,1H3,(H,28,32)/t21-/m0/s1. The Morgan fingerprint density at radius 3 is 2.72 bits per heavy atom. The molecule has 4 rings (SSSR count). The second-order valence-corrected chi connectivity index (χ2v) is 8.28. The number of amides is 2. The molecule has 0 aliphatic carbocycles. The van der Waals surface area contributed by atoms with Crippen LogP contribution in [-0.4, -0.2) is 39.6 Å². The van der Waals surface area contributed by atoms with Gasteiger partial charge in [0.15, 0.2) is 0 Å². The van der Waals surface area contributed by atoms with Crippen molar-refractivity contribution in [1.82, 2.24) is 14.7 Å². The average Bonchev–Trinajstić information content (AvgIpc) is 3.23. The molecule has 1 atom stereocenters. The highest BCUT2D eigenvalue weighted by atomic mass is 19.1. The molecule has 0 saturated carbocycles. The van der Waals surface area contributed by atoms with E-state index >= 15 is 0 Å². The average molecular weight is 435 g/mol. The monoisotopic (exact) mass is 434 g/mol. The number of benzene rings is 2. The quantitative estimate of drug-likeness (QED) is 0.637. The highest BCUT2D eigenvalue weighted by Crippen LogP contribution is 2.24. The van der Waals surface area contributed by atoms with Gasteiger partial charge in [0.05, 0.1) is 12.1 Å². The lowest BCUT2D eigenvalue weighted by molar-refractivity contribution is -0.134. The molecule has 1 saturated heterocycles. The van der Waals surface area contributed by atoms with E-state index in [0.717, 1.165) is 29.5 Å². The van der Waals surface area contributed by atoms with Crippen molar-refractivity contribution in [3.63, 3.8) is 0 Å². The maximum Gasteiger partial charge on any atom is 0.229 e. The largest absolute Gasteiger partial charge is 0.342 e. The molecule has 1 aliphatic heterocycles. The third-order valence-corrected chi connectivity index (χ3v) is 5.84. The van der Waals surface area contributed by atoms with Gasteiger partial charge in [-0.3, -0.25) is 14.3 Å². The van der Waals surface area contributed by atoms with Gasteiger partial charge in [-0.15, -0.1) is 0 Å². The topological polar surface area (TPSA) is 67.2 Å². The zero-order valence-electron chi connectivity index (χ0n) is 18.1. The van der Waals surface area contributed by atoms with Crippen molar-refractivity contribution in [2.75, 3.05) is 18.4 Å². The van der Waals surface area contributed by atoms with E-state index in [2.05, 4.69) is 10.4 Å². The normalized spacial score (nSPS) is 16.1. The van der Waals surface area contributed by atoms with E-state index in [0.29, 0.717) is 31.6 Å². The molecule has 0 radical (unpaired) electrons. The summed E-state index contributed by atoms with van der Waals surface area (Å²) in [6, 6.07) is 13.8. The Kier molecular flexibility index (Phi) is 6.63. The summed E-state index contributed by atoms with van der Waals surface area (Å²) in [6.45, 7) is 1.13. The van der Waals surface area contributed by atoms with E-state index in [1.54, 1.807) is 27.9 Å². The summed E-state index contributed by atoms with van der Waals surface area (Å²) in [5.41, 5.74) is 3.51. The number of rotatable bonds is 6. The van der Waals surface area contributed by atoms with E-state index in [-0.39, 0.29) is 23.5 Å². The summed E-state index contributed by atoms with van der Waals surface area (Å²) in [6.07, 6.45) is 6.33. The van der Waals surface area contributed by atoms with Gasteiger partial charge in [0, 0.05) is 38.4 Å². The molecule has 3 aromatic rings. The predicted octanol–water partition coefficient (Wildman–Crippen LogP) is 4.04. The minimum absolute atomic E-state index is 0.0738. The van der Waals surface area contributed by atoms with E-state index in [1.165, 1.54) is 12.1 Å². The van der Waals surface area contributed by atoms with Crippen LogP contribution in [0.2, 0.25) is 0 Å². The number of anilines is 1. The van der Waals surface area contributed by atoms with Crippen LogP contribution in [0.1, 0.15) is 24.8 Å². The van der Waals surface area contributed by atoms with Gasteiger partial charge in [-0.1, -0.05) is 24.3 Å². The van der Waals surface area contributed by atoms with Crippen LogP contribution >= 0.6 is 0 Å². The first-order valence-electron chi connectivity index (χ1n) is 10.9. The number of piperidine rings is 1. The molecule has 1 N–H and O–H groups in total. The maximum atomic E-state index is 13.2. The molecule has 2 heterocycles. The van der Waals surface area contributed by atoms with Crippen LogP contribution in [-0.2, 0) is 23.1 Å². The first-order chi connectivity index (χ1) is 15.5. The Hall–Kier alpha value is -3.48. The number of carbonyl (C=O) groups is 2. The molecular weight excluding hydrogens is 407 g/mol. The van der Waals surface area contributed by atoms with Crippen LogP contribution in [0.3, 0.4) is 0 Å². The molecule has 0 bridgehead atoms. The molecule has 6 nitrogen and oxygen atoms in total. The molecule has 0 unspecified atom stereocenters. The van der Waals surface area contributed by atoms with Crippen molar-refractivity contribution >= 4 is 17.5 Å². The summed E-state index contributed by atoms with van der Waals surface area (Å²) in [7, 11) is 1.86.